The fraction of sp³-hybridized carbons (Fsp3) is 0.600. The normalized spacial score (nSPS) is 31.9. The second-order valence-electron chi connectivity index (χ2n) is 8.66. The van der Waals surface area contributed by atoms with Gasteiger partial charge in [-0.15, -0.1) is 0 Å². The van der Waals surface area contributed by atoms with Gasteiger partial charge in [-0.2, -0.15) is 0 Å². The van der Waals surface area contributed by atoms with Gasteiger partial charge in [0, 0.05) is 17.8 Å². The predicted octanol–water partition coefficient (Wildman–Crippen LogP) is 1.05. The molecule has 0 bridgehead atoms. The van der Waals surface area contributed by atoms with Crippen molar-refractivity contribution in [1.82, 2.24) is 5.32 Å². The summed E-state index contributed by atoms with van der Waals surface area (Å²) >= 11 is 0. The molecule has 0 unspecified atom stereocenters. The first-order valence-corrected chi connectivity index (χ1v) is 10.1. The number of nitro groups is 1. The fourth-order valence-corrected chi connectivity index (χ4v) is 3.99. The molecule has 32 heavy (non-hydrogen) atoms. The molecule has 12 nitrogen and oxygen atoms in total. The van der Waals surface area contributed by atoms with Crippen molar-refractivity contribution in [3.63, 3.8) is 0 Å². The number of nitro benzene ring substituents is 1. The third-order valence-corrected chi connectivity index (χ3v) is 5.18. The summed E-state index contributed by atoms with van der Waals surface area (Å²) in [4.78, 5) is 35.4. The molecule has 2 amide bonds. The van der Waals surface area contributed by atoms with Crippen LogP contribution in [0, 0.1) is 10.1 Å². The number of hydrogen-bond acceptors (Lipinski definition) is 9. The van der Waals surface area contributed by atoms with E-state index < -0.39 is 59.0 Å². The summed E-state index contributed by atoms with van der Waals surface area (Å²) in [6.07, 6.45) is -3.86. The molecule has 3 fully saturated rings. The minimum Gasteiger partial charge on any atom is -0.345 e. The number of nitrogens with one attached hydrogen (secondary N) is 2. The molecule has 0 radical (unpaired) electrons. The molecule has 0 saturated carbocycles. The number of carbonyl (C=O) groups is 2. The van der Waals surface area contributed by atoms with Crippen LogP contribution in [0.3, 0.4) is 0 Å². The van der Waals surface area contributed by atoms with E-state index in [-0.39, 0.29) is 17.9 Å². The molecule has 3 saturated heterocycles. The minimum absolute atomic E-state index is 0.161. The van der Waals surface area contributed by atoms with E-state index in [4.69, 9.17) is 23.7 Å². The first-order valence-electron chi connectivity index (χ1n) is 10.1. The van der Waals surface area contributed by atoms with Gasteiger partial charge < -0.3 is 34.3 Å². The van der Waals surface area contributed by atoms with E-state index in [0.717, 1.165) is 0 Å². The second-order valence-corrected chi connectivity index (χ2v) is 8.66. The van der Waals surface area contributed by atoms with Gasteiger partial charge in [-0.3, -0.25) is 19.7 Å². The quantitative estimate of drug-likeness (QED) is 0.495. The van der Waals surface area contributed by atoms with Crippen molar-refractivity contribution in [2.45, 2.75) is 70.0 Å². The molecule has 1 aromatic carbocycles. The van der Waals surface area contributed by atoms with Crippen LogP contribution in [0.4, 0.5) is 11.4 Å². The number of benzene rings is 1. The summed E-state index contributed by atoms with van der Waals surface area (Å²) in [6.45, 7) is 6.54. The maximum Gasteiger partial charge on any atom is 0.271 e. The number of amides is 2. The smallest absolute Gasteiger partial charge is 0.271 e. The largest absolute Gasteiger partial charge is 0.345 e. The van der Waals surface area contributed by atoms with Gasteiger partial charge >= 0.3 is 0 Å². The van der Waals surface area contributed by atoms with E-state index in [1.165, 1.54) is 24.3 Å². The molecular weight excluding hydrogens is 426 g/mol. The highest BCUT2D eigenvalue weighted by molar-refractivity contribution is 5.95. The van der Waals surface area contributed by atoms with Crippen molar-refractivity contribution >= 4 is 23.2 Å². The second kappa shape index (κ2) is 8.05. The summed E-state index contributed by atoms with van der Waals surface area (Å²) < 4.78 is 29.3. The van der Waals surface area contributed by atoms with Crippen LogP contribution < -0.4 is 10.6 Å². The van der Waals surface area contributed by atoms with Crippen LogP contribution >= 0.6 is 0 Å². The summed E-state index contributed by atoms with van der Waals surface area (Å²) in [6, 6.07) is 5.48. The lowest BCUT2D eigenvalue weighted by atomic mass is 9.98. The number of hydrogen-bond donors (Lipinski definition) is 2. The van der Waals surface area contributed by atoms with E-state index in [2.05, 4.69) is 10.6 Å². The standard InChI is InChI=1S/C20H25N3O9/c1-19(2)29-13-14(30-19)16-18(32-20(3,4)31-16)28-15(13)17(25)21-9-12(24)22-10-6-5-7-11(8-10)23(26)27/h5-8,13-16,18H,9H2,1-4H3,(H,21,25)(H,22,24)/t13-,14+,15-,16-,18-/m1/s1. The van der Waals surface area contributed by atoms with Crippen LogP contribution in [-0.4, -0.2) is 65.6 Å². The minimum atomic E-state index is -1.09. The zero-order valence-corrected chi connectivity index (χ0v) is 18.0. The predicted molar refractivity (Wildman–Crippen MR) is 107 cm³/mol. The molecule has 12 heteroatoms. The molecule has 3 heterocycles. The first-order chi connectivity index (χ1) is 14.9. The lowest BCUT2D eigenvalue weighted by Gasteiger charge is -2.36. The average molecular weight is 451 g/mol. The van der Waals surface area contributed by atoms with Crippen LogP contribution in [0.5, 0.6) is 0 Å². The Morgan fingerprint density at radius 3 is 2.41 bits per heavy atom. The Morgan fingerprint density at radius 1 is 1.03 bits per heavy atom. The van der Waals surface area contributed by atoms with E-state index in [0.29, 0.717) is 0 Å². The molecule has 5 atom stereocenters. The van der Waals surface area contributed by atoms with Crippen LogP contribution in [0.15, 0.2) is 24.3 Å². The first kappa shape index (κ1) is 22.6. The third kappa shape index (κ3) is 4.59. The van der Waals surface area contributed by atoms with Crippen molar-refractivity contribution in [1.29, 1.82) is 0 Å². The van der Waals surface area contributed by atoms with E-state index >= 15 is 0 Å². The molecule has 1 aromatic rings. The lowest BCUT2D eigenvalue weighted by molar-refractivity contribution is -0.384. The van der Waals surface area contributed by atoms with Gasteiger partial charge in [0.25, 0.3) is 11.6 Å². The molecular formula is C20H25N3O9. The van der Waals surface area contributed by atoms with Crippen LogP contribution in [0.25, 0.3) is 0 Å². The molecule has 3 aliphatic rings. The zero-order valence-electron chi connectivity index (χ0n) is 18.0. The monoisotopic (exact) mass is 451 g/mol. The van der Waals surface area contributed by atoms with Gasteiger partial charge in [0.05, 0.1) is 11.5 Å². The van der Waals surface area contributed by atoms with Gasteiger partial charge in [0.2, 0.25) is 5.91 Å². The van der Waals surface area contributed by atoms with Crippen molar-refractivity contribution in [3.8, 4) is 0 Å². The van der Waals surface area contributed by atoms with E-state index in [1.54, 1.807) is 27.7 Å². The maximum atomic E-state index is 12.9. The Morgan fingerprint density at radius 2 is 1.69 bits per heavy atom. The van der Waals surface area contributed by atoms with Gasteiger partial charge in [-0.25, -0.2) is 0 Å². The Balaban J connectivity index is 1.40. The number of ether oxygens (including phenoxy) is 5. The highest BCUT2D eigenvalue weighted by Crippen LogP contribution is 2.44. The number of fused-ring (bicyclic) bond motifs is 3. The summed E-state index contributed by atoms with van der Waals surface area (Å²) in [5.41, 5.74) is 0.0778. The Hall–Kier alpha value is -2.64. The van der Waals surface area contributed by atoms with Gasteiger partial charge in [0.15, 0.2) is 24.0 Å². The highest BCUT2D eigenvalue weighted by Gasteiger charge is 2.62. The molecule has 174 valence electrons. The Labute approximate surface area is 183 Å². The highest BCUT2D eigenvalue weighted by atomic mass is 16.9. The number of anilines is 1. The van der Waals surface area contributed by atoms with Crippen LogP contribution in [-0.2, 0) is 33.3 Å². The van der Waals surface area contributed by atoms with Gasteiger partial charge in [-0.05, 0) is 33.8 Å². The van der Waals surface area contributed by atoms with Crippen molar-refractivity contribution < 1.29 is 38.2 Å². The average Bonchev–Trinajstić information content (AvgIpc) is 3.19. The zero-order chi connectivity index (χ0) is 23.3. The van der Waals surface area contributed by atoms with Crippen LogP contribution in [0.2, 0.25) is 0 Å². The fourth-order valence-electron chi connectivity index (χ4n) is 3.99. The van der Waals surface area contributed by atoms with Crippen molar-refractivity contribution in [2.24, 2.45) is 0 Å². The molecule has 4 rings (SSSR count). The summed E-state index contributed by atoms with van der Waals surface area (Å²) in [5.74, 6) is -3.02. The van der Waals surface area contributed by atoms with Crippen LogP contribution in [0.1, 0.15) is 27.7 Å². The number of nitrogens with zero attached hydrogens (tertiary/aromatic N) is 1. The number of rotatable bonds is 5. The lowest BCUT2D eigenvalue weighted by Crippen LogP contribution is -2.59. The molecule has 0 aliphatic carbocycles. The SMILES string of the molecule is CC1(C)O[C@H]2[C@@H](O1)[C@H](C(=O)NCC(=O)Nc1cccc([N+](=O)[O-])c1)O[C@@H]1OC(C)(C)O[C@@H]12. The molecule has 0 aromatic heterocycles. The van der Waals surface area contributed by atoms with E-state index in [9.17, 15) is 19.7 Å². The summed E-state index contributed by atoms with van der Waals surface area (Å²) in [7, 11) is 0. The maximum absolute atomic E-state index is 12.9. The molecule has 3 aliphatic heterocycles. The van der Waals surface area contributed by atoms with Crippen molar-refractivity contribution in [2.75, 3.05) is 11.9 Å². The Bertz CT molecular complexity index is 935. The Kier molecular flexibility index (Phi) is 5.67. The number of carbonyl (C=O) groups excluding carboxylic acids is 2. The van der Waals surface area contributed by atoms with Gasteiger partial charge in [-0.1, -0.05) is 6.07 Å². The molecule has 2 N–H and O–H groups in total. The third-order valence-electron chi connectivity index (χ3n) is 5.18. The van der Waals surface area contributed by atoms with Gasteiger partial charge in [0.1, 0.15) is 18.3 Å². The topological polar surface area (TPSA) is 147 Å². The number of non-ortho nitro benzene ring substituents is 1. The van der Waals surface area contributed by atoms with E-state index in [1.807, 2.05) is 0 Å². The van der Waals surface area contributed by atoms with Crippen molar-refractivity contribution in [3.05, 3.63) is 34.4 Å². The summed E-state index contributed by atoms with van der Waals surface area (Å²) in [5, 5.41) is 15.9. The molecule has 0 spiro atoms.